The summed E-state index contributed by atoms with van der Waals surface area (Å²) in [4.78, 5) is 18.9. The second-order valence-corrected chi connectivity index (χ2v) is 6.99. The number of halogens is 1. The highest BCUT2D eigenvalue weighted by atomic mass is 127. The highest BCUT2D eigenvalue weighted by Crippen LogP contribution is 2.19. The SMILES string of the molecule is CCNC(=NCc1ccc(OC(C)C)cc1)N1CCC(C(=O)OCC)CC1.I. The maximum absolute atomic E-state index is 11.9. The number of carbonyl (C=O) groups excluding carboxylic acids is 1. The number of benzene rings is 1. The molecule has 28 heavy (non-hydrogen) atoms. The van der Waals surface area contributed by atoms with Crippen molar-refractivity contribution in [2.24, 2.45) is 10.9 Å². The van der Waals surface area contributed by atoms with Crippen LogP contribution in [0.25, 0.3) is 0 Å². The molecule has 0 atom stereocenters. The van der Waals surface area contributed by atoms with E-state index in [2.05, 4.69) is 29.3 Å². The van der Waals surface area contributed by atoms with Gasteiger partial charge in [-0.25, -0.2) is 4.99 Å². The van der Waals surface area contributed by atoms with Gasteiger partial charge in [0, 0.05) is 19.6 Å². The number of guanidine groups is 1. The molecule has 1 saturated heterocycles. The number of carbonyl (C=O) groups is 1. The molecule has 7 heteroatoms. The zero-order chi connectivity index (χ0) is 19.6. The van der Waals surface area contributed by atoms with Crippen molar-refractivity contribution in [3.05, 3.63) is 29.8 Å². The number of nitrogens with one attached hydrogen (secondary N) is 1. The van der Waals surface area contributed by atoms with Crippen LogP contribution in [0.1, 0.15) is 46.1 Å². The van der Waals surface area contributed by atoms with E-state index >= 15 is 0 Å². The predicted molar refractivity (Wildman–Crippen MR) is 123 cm³/mol. The van der Waals surface area contributed by atoms with E-state index in [0.717, 1.165) is 49.7 Å². The van der Waals surface area contributed by atoms with Gasteiger partial charge in [0.15, 0.2) is 5.96 Å². The number of hydrogen-bond acceptors (Lipinski definition) is 4. The van der Waals surface area contributed by atoms with Crippen LogP contribution in [0.5, 0.6) is 5.75 Å². The standard InChI is InChI=1S/C21H33N3O3.HI/c1-5-22-21(24-13-11-18(12-14-24)20(25)26-6-2)23-15-17-7-9-19(10-8-17)27-16(3)4;/h7-10,16,18H,5-6,11-15H2,1-4H3,(H,22,23);1H. The summed E-state index contributed by atoms with van der Waals surface area (Å²) in [5.74, 6) is 1.73. The Bertz CT molecular complexity index is 612. The zero-order valence-electron chi connectivity index (χ0n) is 17.4. The highest BCUT2D eigenvalue weighted by Gasteiger charge is 2.27. The maximum atomic E-state index is 11.9. The molecule has 1 aromatic carbocycles. The number of rotatable bonds is 7. The quantitative estimate of drug-likeness (QED) is 0.265. The van der Waals surface area contributed by atoms with Crippen LogP contribution in [0.2, 0.25) is 0 Å². The minimum atomic E-state index is -0.0669. The Labute approximate surface area is 186 Å². The highest BCUT2D eigenvalue weighted by molar-refractivity contribution is 14.0. The van der Waals surface area contributed by atoms with E-state index in [1.807, 2.05) is 32.9 Å². The minimum Gasteiger partial charge on any atom is -0.491 e. The number of hydrogen-bond donors (Lipinski definition) is 1. The fourth-order valence-corrected chi connectivity index (χ4v) is 3.12. The summed E-state index contributed by atoms with van der Waals surface area (Å²) in [5.41, 5.74) is 1.14. The summed E-state index contributed by atoms with van der Waals surface area (Å²) in [5, 5.41) is 3.36. The van der Waals surface area contributed by atoms with Gasteiger partial charge < -0.3 is 19.7 Å². The van der Waals surface area contributed by atoms with Gasteiger partial charge in [0.05, 0.1) is 25.2 Å². The molecule has 1 aliphatic rings. The molecule has 6 nitrogen and oxygen atoms in total. The molecule has 0 bridgehead atoms. The van der Waals surface area contributed by atoms with Crippen molar-refractivity contribution in [2.45, 2.75) is 53.2 Å². The molecule has 1 aliphatic heterocycles. The fourth-order valence-electron chi connectivity index (χ4n) is 3.12. The first-order chi connectivity index (χ1) is 13.0. The Hall–Kier alpha value is -1.51. The number of aliphatic imine (C=N–C) groups is 1. The lowest BCUT2D eigenvalue weighted by Gasteiger charge is -2.33. The second kappa shape index (κ2) is 12.9. The van der Waals surface area contributed by atoms with Crippen molar-refractivity contribution in [2.75, 3.05) is 26.2 Å². The van der Waals surface area contributed by atoms with Gasteiger partial charge in [0.2, 0.25) is 0 Å². The third kappa shape index (κ3) is 7.85. The Balaban J connectivity index is 0.00000392. The van der Waals surface area contributed by atoms with E-state index < -0.39 is 0 Å². The van der Waals surface area contributed by atoms with Crippen LogP contribution in [-0.2, 0) is 16.1 Å². The van der Waals surface area contributed by atoms with E-state index in [0.29, 0.717) is 13.2 Å². The Morgan fingerprint density at radius 2 is 1.86 bits per heavy atom. The third-order valence-electron chi connectivity index (χ3n) is 4.46. The molecule has 0 aliphatic carbocycles. The number of esters is 1. The van der Waals surface area contributed by atoms with Crippen LogP contribution in [0, 0.1) is 5.92 Å². The molecule has 0 saturated carbocycles. The summed E-state index contributed by atoms with van der Waals surface area (Å²) < 4.78 is 10.8. The summed E-state index contributed by atoms with van der Waals surface area (Å²) >= 11 is 0. The molecule has 158 valence electrons. The molecular weight excluding hydrogens is 469 g/mol. The van der Waals surface area contributed by atoms with Crippen molar-refractivity contribution in [1.82, 2.24) is 10.2 Å². The van der Waals surface area contributed by atoms with Crippen LogP contribution in [0.4, 0.5) is 0 Å². The van der Waals surface area contributed by atoms with E-state index in [1.165, 1.54) is 0 Å². The number of piperidine rings is 1. The fraction of sp³-hybridized carbons (Fsp3) is 0.619. The van der Waals surface area contributed by atoms with Gasteiger partial charge in [0.1, 0.15) is 5.75 Å². The van der Waals surface area contributed by atoms with Crippen LogP contribution in [-0.4, -0.2) is 49.2 Å². The smallest absolute Gasteiger partial charge is 0.309 e. The van der Waals surface area contributed by atoms with Crippen molar-refractivity contribution < 1.29 is 14.3 Å². The normalized spacial score (nSPS) is 15.2. The van der Waals surface area contributed by atoms with Gasteiger partial charge in [-0.1, -0.05) is 12.1 Å². The lowest BCUT2D eigenvalue weighted by atomic mass is 9.97. The Kier molecular flexibility index (Phi) is 11.3. The third-order valence-corrected chi connectivity index (χ3v) is 4.46. The van der Waals surface area contributed by atoms with Gasteiger partial charge in [-0.3, -0.25) is 4.79 Å². The first kappa shape index (κ1) is 24.5. The van der Waals surface area contributed by atoms with Gasteiger partial charge in [-0.2, -0.15) is 0 Å². The van der Waals surface area contributed by atoms with Crippen LogP contribution in [0.3, 0.4) is 0 Å². The molecule has 2 rings (SSSR count). The van der Waals surface area contributed by atoms with Crippen molar-refractivity contribution in [3.8, 4) is 5.75 Å². The lowest BCUT2D eigenvalue weighted by molar-refractivity contribution is -0.149. The van der Waals surface area contributed by atoms with Gasteiger partial charge in [-0.05, 0) is 58.2 Å². The van der Waals surface area contributed by atoms with Crippen molar-refractivity contribution >= 4 is 35.9 Å². The molecule has 0 amide bonds. The maximum Gasteiger partial charge on any atom is 0.309 e. The molecule has 1 aromatic rings. The Morgan fingerprint density at radius 3 is 2.39 bits per heavy atom. The van der Waals surface area contributed by atoms with Crippen LogP contribution in [0.15, 0.2) is 29.3 Å². The van der Waals surface area contributed by atoms with Crippen LogP contribution < -0.4 is 10.1 Å². The minimum absolute atomic E-state index is 0. The summed E-state index contributed by atoms with van der Waals surface area (Å²) in [6.45, 7) is 11.5. The average Bonchev–Trinajstić information content (AvgIpc) is 2.66. The summed E-state index contributed by atoms with van der Waals surface area (Å²) in [7, 11) is 0. The number of ether oxygens (including phenoxy) is 2. The second-order valence-electron chi connectivity index (χ2n) is 6.99. The molecule has 1 N–H and O–H groups in total. The lowest BCUT2D eigenvalue weighted by Crippen LogP contribution is -2.46. The molecule has 1 fully saturated rings. The van der Waals surface area contributed by atoms with Gasteiger partial charge >= 0.3 is 5.97 Å². The van der Waals surface area contributed by atoms with E-state index in [-0.39, 0.29) is 42.0 Å². The predicted octanol–water partition coefficient (Wildman–Crippen LogP) is 3.83. The van der Waals surface area contributed by atoms with Crippen LogP contribution >= 0.6 is 24.0 Å². The Morgan fingerprint density at radius 1 is 1.21 bits per heavy atom. The summed E-state index contributed by atoms with van der Waals surface area (Å²) in [6, 6.07) is 8.08. The average molecular weight is 503 g/mol. The monoisotopic (exact) mass is 503 g/mol. The molecule has 0 unspecified atom stereocenters. The molecular formula is C21H34IN3O3. The van der Waals surface area contributed by atoms with E-state index in [1.54, 1.807) is 0 Å². The first-order valence-corrected chi connectivity index (χ1v) is 9.99. The molecule has 1 heterocycles. The summed E-state index contributed by atoms with van der Waals surface area (Å²) in [6.07, 6.45) is 1.79. The molecule has 0 spiro atoms. The molecule has 0 radical (unpaired) electrons. The van der Waals surface area contributed by atoms with Crippen molar-refractivity contribution in [1.29, 1.82) is 0 Å². The van der Waals surface area contributed by atoms with Gasteiger partial charge in [-0.15, -0.1) is 24.0 Å². The largest absolute Gasteiger partial charge is 0.491 e. The number of likely N-dealkylation sites (tertiary alicyclic amines) is 1. The zero-order valence-corrected chi connectivity index (χ0v) is 19.8. The van der Waals surface area contributed by atoms with E-state index in [9.17, 15) is 4.79 Å². The topological polar surface area (TPSA) is 63.2 Å². The number of nitrogens with zero attached hydrogens (tertiary/aromatic N) is 2. The van der Waals surface area contributed by atoms with Gasteiger partial charge in [0.25, 0.3) is 0 Å². The van der Waals surface area contributed by atoms with E-state index in [4.69, 9.17) is 14.5 Å². The first-order valence-electron chi connectivity index (χ1n) is 9.99. The molecule has 0 aromatic heterocycles. The van der Waals surface area contributed by atoms with Crippen molar-refractivity contribution in [3.63, 3.8) is 0 Å².